The fourth-order valence-electron chi connectivity index (χ4n) is 12.1. The number of nitrogens with two attached hydrogens (primary N) is 7. The minimum Gasteiger partial charge on any atom is -0.480 e. The zero-order valence-corrected chi connectivity index (χ0v) is 51.8. The van der Waals surface area contributed by atoms with E-state index < -0.39 is 139 Å². The number of aliphatic hydroxyl groups excluding tert-OH is 2. The van der Waals surface area contributed by atoms with Crippen molar-refractivity contribution < 1.29 is 63.3 Å². The highest BCUT2D eigenvalue weighted by atomic mass is 32.1. The minimum atomic E-state index is -1.68. The fraction of sp³-hybridized carbons (Fsp3) is 0.603. The standard InChI is InChI=1S/C58H89N19O13S/c59-37(15-6-20-66-56(60)61)48(82)71-38(16-7-21-67-57(62)63)53(87)75-23-9-19-43(75)54(88)76-30-35(79)26-44(76)50(84)69-28-46(80)70-40(27-36-14-10-24-91-36)49(83)73-41(32-78)52(86)74(29-33-11-2-1-3-12-33)31-47(81)77-42-18-5-4-13-34(42)25-45(77)51(85)72-39(55(89)90)17-8-22-68-58(64)65/h1-3,10-12,14,24,34-35,37-45,78-79H,4-9,13,15-23,25-32,59H2,(H,69,84)(H,70,80)(H,71,82)(H,72,85)(H,73,83)(H,89,90)(H4,60,61,66)(H4,62,63,67)(H4,64,65,68)/t34?,35-,37+,38+,39+,40+,41+,42?,43+,44+,45+/m1/s1. The van der Waals surface area contributed by atoms with Crippen LogP contribution in [0.15, 0.2) is 62.8 Å². The topological polar surface area (TPSA) is 524 Å². The monoisotopic (exact) mass is 1290 g/mol. The van der Waals surface area contributed by atoms with Gasteiger partial charge in [0.15, 0.2) is 17.9 Å². The molecule has 11 atom stereocenters. The summed E-state index contributed by atoms with van der Waals surface area (Å²) in [5, 5.41) is 46.4. The van der Waals surface area contributed by atoms with Gasteiger partial charge in [-0.2, -0.15) is 0 Å². The van der Waals surface area contributed by atoms with Gasteiger partial charge in [0.25, 0.3) is 0 Å². The van der Waals surface area contributed by atoms with E-state index in [1.165, 1.54) is 21.1 Å². The third-order valence-electron chi connectivity index (χ3n) is 16.5. The molecular formula is C58H89N19O13S. The predicted octanol–water partition coefficient (Wildman–Crippen LogP) is -4.95. The third kappa shape index (κ3) is 21.2. The van der Waals surface area contributed by atoms with Gasteiger partial charge in [0, 0.05) is 63.0 Å². The Hall–Kier alpha value is -8.69. The van der Waals surface area contributed by atoms with Gasteiger partial charge in [-0.05, 0) is 93.6 Å². The smallest absolute Gasteiger partial charge is 0.326 e. The maximum Gasteiger partial charge on any atom is 0.326 e. The van der Waals surface area contributed by atoms with Crippen molar-refractivity contribution in [2.45, 2.75) is 163 Å². The number of β-amino-alcohol motifs (C(OH)–C–C–N with tert-alkyl or cyclic N) is 1. The zero-order valence-electron chi connectivity index (χ0n) is 50.9. The molecule has 6 rings (SSSR count). The number of hydrogen-bond donors (Lipinski definition) is 15. The molecule has 3 saturated heterocycles. The van der Waals surface area contributed by atoms with E-state index in [-0.39, 0.29) is 121 Å². The lowest BCUT2D eigenvalue weighted by molar-refractivity contribution is -0.148. The molecule has 3 aliphatic heterocycles. The van der Waals surface area contributed by atoms with Gasteiger partial charge in [-0.1, -0.05) is 49.2 Å². The molecular weight excluding hydrogens is 1200 g/mol. The van der Waals surface area contributed by atoms with E-state index in [2.05, 4.69) is 41.6 Å². The van der Waals surface area contributed by atoms with E-state index in [0.29, 0.717) is 29.7 Å². The van der Waals surface area contributed by atoms with Crippen LogP contribution in [0.1, 0.15) is 100 Å². The first-order chi connectivity index (χ1) is 43.4. The number of aliphatic carboxylic acids is 1. The maximum absolute atomic E-state index is 14.8. The highest BCUT2D eigenvalue weighted by Crippen LogP contribution is 2.40. The molecule has 4 heterocycles. The molecule has 0 radical (unpaired) electrons. The zero-order chi connectivity index (χ0) is 66.3. The Morgan fingerprint density at radius 3 is 1.93 bits per heavy atom. The van der Waals surface area contributed by atoms with Crippen LogP contribution in [0.2, 0.25) is 0 Å². The van der Waals surface area contributed by atoms with Crippen molar-refractivity contribution in [1.82, 2.24) is 46.2 Å². The first kappa shape index (κ1) is 71.4. The Morgan fingerprint density at radius 1 is 0.670 bits per heavy atom. The van der Waals surface area contributed by atoms with Crippen molar-refractivity contribution in [3.63, 3.8) is 0 Å². The van der Waals surface area contributed by atoms with Crippen LogP contribution in [0.3, 0.4) is 0 Å². The van der Waals surface area contributed by atoms with Crippen LogP contribution < -0.4 is 66.7 Å². The number of likely N-dealkylation sites (tertiary alicyclic amines) is 3. The lowest BCUT2D eigenvalue weighted by Crippen LogP contribution is -2.59. The molecule has 33 heteroatoms. The second-order valence-corrected chi connectivity index (χ2v) is 24.2. The number of fused-ring (bicyclic) bond motifs is 1. The number of carboxylic acids is 1. The normalized spacial score (nSPS) is 20.9. The average Bonchev–Trinajstić information content (AvgIpc) is 1.77. The second kappa shape index (κ2) is 35.1. The number of nitrogens with zero attached hydrogens (tertiary/aromatic N) is 7. The van der Waals surface area contributed by atoms with Crippen molar-refractivity contribution in [1.29, 1.82) is 0 Å². The minimum absolute atomic E-state index is 0.00232. The van der Waals surface area contributed by atoms with Crippen LogP contribution >= 0.6 is 11.3 Å². The van der Waals surface area contributed by atoms with Gasteiger partial charge in [-0.3, -0.25) is 58.1 Å². The summed E-state index contributed by atoms with van der Waals surface area (Å²) in [4.78, 5) is 158. The van der Waals surface area contributed by atoms with Crippen LogP contribution in [-0.2, 0) is 60.9 Å². The number of carbonyl (C=O) groups is 10. The summed E-state index contributed by atoms with van der Waals surface area (Å²) in [6, 6.07) is 1.59. The lowest BCUT2D eigenvalue weighted by atomic mass is 9.84. The number of nitrogens with one attached hydrogen (secondary N) is 5. The molecule has 0 bridgehead atoms. The van der Waals surface area contributed by atoms with E-state index in [1.54, 1.807) is 47.8 Å². The maximum atomic E-state index is 14.8. The van der Waals surface area contributed by atoms with E-state index in [4.69, 9.17) is 40.1 Å². The molecule has 91 heavy (non-hydrogen) atoms. The van der Waals surface area contributed by atoms with Crippen LogP contribution in [0.25, 0.3) is 0 Å². The van der Waals surface area contributed by atoms with Gasteiger partial charge in [-0.15, -0.1) is 11.3 Å². The number of carboxylic acid groups (broad SMARTS) is 1. The van der Waals surface area contributed by atoms with E-state index in [0.717, 1.165) is 29.1 Å². The molecule has 9 amide bonds. The van der Waals surface area contributed by atoms with Crippen molar-refractivity contribution in [2.75, 3.05) is 52.4 Å². The number of aliphatic hydroxyl groups is 2. The SMILES string of the molecule is NC(N)=NCCC[C@H](NC(=O)[C@@H]1CC2CCCCC2N1C(=O)CN(Cc1ccccc1)C(=O)[C@H](CO)NC(=O)[C@H](Cc1cccs1)NC(=O)CNC(=O)[C@@H]1C[C@@H](O)CN1C(=O)[C@@H]1CCCN1C(=O)[C@H](CCCN=C(N)N)NC(=O)[C@@H](N)CCCN=C(N)N)C(=O)O. The van der Waals surface area contributed by atoms with Gasteiger partial charge >= 0.3 is 5.97 Å². The predicted molar refractivity (Wildman–Crippen MR) is 335 cm³/mol. The van der Waals surface area contributed by atoms with E-state index in [9.17, 15) is 63.3 Å². The number of aliphatic imine (C=N–C) groups is 3. The average molecular weight is 1290 g/mol. The van der Waals surface area contributed by atoms with Crippen molar-refractivity contribution in [3.05, 3.63) is 58.3 Å². The number of thiophene rings is 1. The first-order valence-electron chi connectivity index (χ1n) is 30.6. The lowest BCUT2D eigenvalue weighted by Gasteiger charge is -2.36. The highest BCUT2D eigenvalue weighted by Gasteiger charge is 2.49. The summed E-state index contributed by atoms with van der Waals surface area (Å²) in [6.45, 7) is -2.14. The Labute approximate surface area is 530 Å². The van der Waals surface area contributed by atoms with Crippen LogP contribution in [0, 0.1) is 5.92 Å². The van der Waals surface area contributed by atoms with Gasteiger partial charge in [-0.25, -0.2) is 4.79 Å². The molecule has 1 saturated carbocycles. The van der Waals surface area contributed by atoms with Crippen LogP contribution in [-0.4, -0.2) is 225 Å². The highest BCUT2D eigenvalue weighted by molar-refractivity contribution is 7.09. The first-order valence-corrected chi connectivity index (χ1v) is 31.5. The number of benzene rings is 1. The number of rotatable bonds is 33. The Bertz CT molecular complexity index is 2930. The third-order valence-corrected chi connectivity index (χ3v) is 17.4. The van der Waals surface area contributed by atoms with Crippen molar-refractivity contribution in [2.24, 2.45) is 61.0 Å². The summed E-state index contributed by atoms with van der Waals surface area (Å²) in [5.41, 5.74) is 39.4. The quantitative estimate of drug-likeness (QED) is 0.0181. The molecule has 22 N–H and O–H groups in total. The molecule has 0 spiro atoms. The van der Waals surface area contributed by atoms with Crippen molar-refractivity contribution in [3.8, 4) is 0 Å². The fourth-order valence-corrected chi connectivity index (χ4v) is 12.8. The van der Waals surface area contributed by atoms with Gasteiger partial charge in [0.2, 0.25) is 53.2 Å². The number of amides is 9. The van der Waals surface area contributed by atoms with E-state index in [1.807, 2.05) is 0 Å². The second-order valence-electron chi connectivity index (χ2n) is 23.2. The molecule has 4 aliphatic rings. The Kier molecular flexibility index (Phi) is 27.5. The number of guanidine groups is 3. The largest absolute Gasteiger partial charge is 0.480 e. The van der Waals surface area contributed by atoms with Gasteiger partial charge in [0.05, 0.1) is 25.3 Å². The molecule has 1 aromatic heterocycles. The molecule has 4 fully saturated rings. The molecule has 1 aliphatic carbocycles. The molecule has 500 valence electrons. The van der Waals surface area contributed by atoms with E-state index >= 15 is 0 Å². The molecule has 32 nitrogen and oxygen atoms in total. The molecule has 1 aromatic carbocycles. The molecule has 2 unspecified atom stereocenters. The van der Waals surface area contributed by atoms with Gasteiger partial charge < -0.3 is 102 Å². The summed E-state index contributed by atoms with van der Waals surface area (Å²) in [5.74, 6) is -8.48. The Morgan fingerprint density at radius 2 is 1.31 bits per heavy atom. The van der Waals surface area contributed by atoms with Crippen molar-refractivity contribution >= 4 is 88.3 Å². The van der Waals surface area contributed by atoms with Crippen LogP contribution in [0.4, 0.5) is 0 Å². The Balaban J connectivity index is 1.12. The molecule has 2 aromatic rings. The summed E-state index contributed by atoms with van der Waals surface area (Å²) in [6.07, 6.45) is 3.37. The number of hydrogen-bond acceptors (Lipinski definition) is 17. The van der Waals surface area contributed by atoms with Gasteiger partial charge in [0.1, 0.15) is 48.8 Å². The van der Waals surface area contributed by atoms with Crippen LogP contribution in [0.5, 0.6) is 0 Å². The summed E-state index contributed by atoms with van der Waals surface area (Å²) in [7, 11) is 0. The summed E-state index contributed by atoms with van der Waals surface area (Å²) >= 11 is 1.27. The summed E-state index contributed by atoms with van der Waals surface area (Å²) < 4.78 is 0. The number of carbonyl (C=O) groups excluding carboxylic acids is 9.